The van der Waals surface area contributed by atoms with E-state index in [0.29, 0.717) is 17.7 Å². The van der Waals surface area contributed by atoms with Crippen LogP contribution in [-0.2, 0) is 0 Å². The smallest absolute Gasteiger partial charge is 0.158 e. The number of hydrogen-bond acceptors (Lipinski definition) is 8. The van der Waals surface area contributed by atoms with Crippen molar-refractivity contribution in [3.63, 3.8) is 0 Å². The number of nitrogens with zero attached hydrogens (tertiary/aromatic N) is 7. The molecule has 1 N–H and O–H groups in total. The Labute approximate surface area is 180 Å². The monoisotopic (exact) mass is 416 g/mol. The quantitative estimate of drug-likeness (QED) is 0.655. The molecule has 5 rings (SSSR count). The fourth-order valence-electron chi connectivity index (χ4n) is 4.16. The Morgan fingerprint density at radius 3 is 2.74 bits per heavy atom. The second-order valence-electron chi connectivity index (χ2n) is 7.82. The Morgan fingerprint density at radius 2 is 2.03 bits per heavy atom. The third kappa shape index (κ3) is 3.90. The molecule has 9 nitrogen and oxygen atoms in total. The van der Waals surface area contributed by atoms with Crippen LogP contribution in [-0.4, -0.2) is 63.7 Å². The summed E-state index contributed by atoms with van der Waals surface area (Å²) in [6.07, 6.45) is 9.08. The average molecular weight is 416 g/mol. The van der Waals surface area contributed by atoms with E-state index >= 15 is 0 Å². The fourth-order valence-corrected chi connectivity index (χ4v) is 4.16. The van der Waals surface area contributed by atoms with E-state index in [-0.39, 0.29) is 5.69 Å². The topological polar surface area (TPSA) is 95.1 Å². The van der Waals surface area contributed by atoms with Gasteiger partial charge in [-0.2, -0.15) is 5.26 Å². The number of imidazole rings is 1. The summed E-state index contributed by atoms with van der Waals surface area (Å²) < 4.78 is 7.61. The number of rotatable bonds is 6. The van der Waals surface area contributed by atoms with Crippen LogP contribution in [0.3, 0.4) is 0 Å². The Kier molecular flexibility index (Phi) is 5.14. The van der Waals surface area contributed by atoms with Crippen molar-refractivity contribution in [1.82, 2.24) is 24.4 Å². The highest BCUT2D eigenvalue weighted by atomic mass is 16.5. The summed E-state index contributed by atoms with van der Waals surface area (Å²) in [7, 11) is 1.69. The van der Waals surface area contributed by atoms with Crippen molar-refractivity contribution in [2.45, 2.75) is 18.9 Å². The average Bonchev–Trinajstić information content (AvgIpc) is 3.43. The third-order valence-electron chi connectivity index (χ3n) is 5.98. The molecule has 2 aliphatic rings. The second-order valence-corrected chi connectivity index (χ2v) is 7.82. The standard InChI is InChI=1S/C22H24N8O/c1-31-20-9-17(29-8-5-18(13-29)28-6-2-7-28)3-4-19(20)30-14-22(26-15-30)27-21-12-24-16(10-23)11-25-21/h3-4,9,11-12,14-15,18H,2,5-8,13H2,1H3,(H,25,27)/t18-/m1/s1. The molecule has 0 radical (unpaired) electrons. The first-order valence-electron chi connectivity index (χ1n) is 10.4. The number of ether oxygens (including phenoxy) is 1. The van der Waals surface area contributed by atoms with Crippen molar-refractivity contribution in [2.75, 3.05) is 43.5 Å². The first kappa shape index (κ1) is 19.3. The van der Waals surface area contributed by atoms with Gasteiger partial charge in [0.05, 0.1) is 31.4 Å². The van der Waals surface area contributed by atoms with Gasteiger partial charge in [0.2, 0.25) is 0 Å². The van der Waals surface area contributed by atoms with Crippen LogP contribution in [0.2, 0.25) is 0 Å². The Morgan fingerprint density at radius 1 is 1.13 bits per heavy atom. The van der Waals surface area contributed by atoms with E-state index < -0.39 is 0 Å². The largest absolute Gasteiger partial charge is 0.494 e. The normalized spacial score (nSPS) is 18.5. The zero-order chi connectivity index (χ0) is 21.2. The summed E-state index contributed by atoms with van der Waals surface area (Å²) in [4.78, 5) is 17.6. The Hall–Kier alpha value is -3.64. The zero-order valence-electron chi connectivity index (χ0n) is 17.4. The molecular weight excluding hydrogens is 392 g/mol. The molecule has 0 amide bonds. The number of anilines is 3. The first-order chi connectivity index (χ1) is 15.2. The van der Waals surface area contributed by atoms with E-state index in [1.807, 2.05) is 16.8 Å². The van der Waals surface area contributed by atoms with Gasteiger partial charge in [0, 0.05) is 30.9 Å². The van der Waals surface area contributed by atoms with Gasteiger partial charge in [-0.3, -0.25) is 4.90 Å². The number of methoxy groups -OCH3 is 1. The van der Waals surface area contributed by atoms with Gasteiger partial charge in [-0.25, -0.2) is 15.0 Å². The van der Waals surface area contributed by atoms with Crippen molar-refractivity contribution in [2.24, 2.45) is 0 Å². The summed E-state index contributed by atoms with van der Waals surface area (Å²) in [5.74, 6) is 1.95. The molecule has 2 aliphatic heterocycles. The number of hydrogen-bond donors (Lipinski definition) is 1. The molecule has 4 heterocycles. The van der Waals surface area contributed by atoms with E-state index in [4.69, 9.17) is 10.00 Å². The number of likely N-dealkylation sites (tertiary alicyclic amines) is 1. The summed E-state index contributed by atoms with van der Waals surface area (Å²) >= 11 is 0. The van der Waals surface area contributed by atoms with Gasteiger partial charge in [-0.1, -0.05) is 0 Å². The number of aromatic nitrogens is 4. The van der Waals surface area contributed by atoms with Gasteiger partial charge in [0.15, 0.2) is 5.69 Å². The lowest BCUT2D eigenvalue weighted by atomic mass is 10.1. The minimum Gasteiger partial charge on any atom is -0.494 e. The van der Waals surface area contributed by atoms with Crippen LogP contribution >= 0.6 is 0 Å². The van der Waals surface area contributed by atoms with Crippen LogP contribution in [0.4, 0.5) is 17.3 Å². The summed E-state index contributed by atoms with van der Waals surface area (Å²) in [6, 6.07) is 8.95. The maximum atomic E-state index is 8.83. The minimum absolute atomic E-state index is 0.273. The SMILES string of the molecule is COc1cc(N2CC[C@@H](N3CCC3)C2)ccc1-n1cnc(Nc2cnc(C#N)cn2)c1. The molecule has 2 aromatic heterocycles. The van der Waals surface area contributed by atoms with Crippen LogP contribution in [0.5, 0.6) is 5.75 Å². The van der Waals surface area contributed by atoms with E-state index in [1.165, 1.54) is 44.0 Å². The van der Waals surface area contributed by atoms with Crippen LogP contribution in [0.1, 0.15) is 18.5 Å². The van der Waals surface area contributed by atoms with Crippen LogP contribution in [0, 0.1) is 11.3 Å². The molecule has 158 valence electrons. The zero-order valence-corrected chi connectivity index (χ0v) is 17.4. The molecule has 1 aromatic carbocycles. The van der Waals surface area contributed by atoms with Crippen molar-refractivity contribution < 1.29 is 4.74 Å². The molecule has 0 aliphatic carbocycles. The second kappa shape index (κ2) is 8.24. The van der Waals surface area contributed by atoms with Gasteiger partial charge in [0.1, 0.15) is 29.8 Å². The van der Waals surface area contributed by atoms with Crippen LogP contribution < -0.4 is 15.0 Å². The molecule has 3 aromatic rings. The van der Waals surface area contributed by atoms with Gasteiger partial charge >= 0.3 is 0 Å². The van der Waals surface area contributed by atoms with Crippen LogP contribution in [0.25, 0.3) is 5.69 Å². The van der Waals surface area contributed by atoms with Crippen LogP contribution in [0.15, 0.2) is 43.1 Å². The van der Waals surface area contributed by atoms with Gasteiger partial charge in [0.25, 0.3) is 0 Å². The maximum Gasteiger partial charge on any atom is 0.158 e. The molecule has 9 heteroatoms. The summed E-state index contributed by atoms with van der Waals surface area (Å²) in [5, 5.41) is 11.9. The van der Waals surface area contributed by atoms with Crippen molar-refractivity contribution in [1.29, 1.82) is 5.26 Å². The summed E-state index contributed by atoms with van der Waals surface area (Å²) in [5.41, 5.74) is 2.38. The lowest BCUT2D eigenvalue weighted by Crippen LogP contribution is -2.46. The lowest BCUT2D eigenvalue weighted by molar-refractivity contribution is 0.129. The number of benzene rings is 1. The maximum absolute atomic E-state index is 8.83. The molecule has 1 atom stereocenters. The molecule has 0 unspecified atom stereocenters. The molecule has 2 saturated heterocycles. The van der Waals surface area contributed by atoms with E-state index in [1.54, 1.807) is 13.4 Å². The minimum atomic E-state index is 0.273. The van der Waals surface area contributed by atoms with Gasteiger partial charge in [-0.05, 0) is 38.1 Å². The predicted molar refractivity (Wildman–Crippen MR) is 117 cm³/mol. The Balaban J connectivity index is 1.31. The van der Waals surface area contributed by atoms with Gasteiger partial charge < -0.3 is 19.5 Å². The third-order valence-corrected chi connectivity index (χ3v) is 5.98. The first-order valence-corrected chi connectivity index (χ1v) is 10.4. The molecule has 0 bridgehead atoms. The van der Waals surface area contributed by atoms with Crippen molar-refractivity contribution in [3.05, 3.63) is 48.8 Å². The van der Waals surface area contributed by atoms with E-state index in [2.05, 4.69) is 48.3 Å². The molecular formula is C22H24N8O. The van der Waals surface area contributed by atoms with Crippen molar-refractivity contribution in [3.8, 4) is 17.5 Å². The van der Waals surface area contributed by atoms with E-state index in [9.17, 15) is 0 Å². The highest BCUT2D eigenvalue weighted by molar-refractivity contribution is 5.61. The van der Waals surface area contributed by atoms with Crippen molar-refractivity contribution >= 4 is 17.3 Å². The molecule has 2 fully saturated rings. The number of nitrogens with one attached hydrogen (secondary N) is 1. The predicted octanol–water partition coefficient (Wildman–Crippen LogP) is 2.57. The Bertz CT molecular complexity index is 1100. The fraction of sp³-hybridized carbons (Fsp3) is 0.364. The van der Waals surface area contributed by atoms with Gasteiger partial charge in [-0.15, -0.1) is 0 Å². The highest BCUT2D eigenvalue weighted by Gasteiger charge is 2.30. The number of nitriles is 1. The molecule has 31 heavy (non-hydrogen) atoms. The lowest BCUT2D eigenvalue weighted by Gasteiger charge is -2.36. The molecule has 0 saturated carbocycles. The summed E-state index contributed by atoms with van der Waals surface area (Å²) in [6.45, 7) is 4.64. The highest BCUT2D eigenvalue weighted by Crippen LogP contribution is 2.32. The molecule has 0 spiro atoms. The van der Waals surface area contributed by atoms with E-state index in [0.717, 1.165) is 24.5 Å².